The number of amides is 1. The molecule has 0 fully saturated rings. The molecular weight excluding hydrogens is 300 g/mol. The highest BCUT2D eigenvalue weighted by Gasteiger charge is 2.07. The minimum absolute atomic E-state index is 0.0369. The highest BCUT2D eigenvalue weighted by molar-refractivity contribution is 9.10. The van der Waals surface area contributed by atoms with Crippen LogP contribution in [0.25, 0.3) is 0 Å². The Balaban J connectivity index is 2.34. The Morgan fingerprint density at radius 3 is 2.78 bits per heavy atom. The molecule has 100 valence electrons. The summed E-state index contributed by atoms with van der Waals surface area (Å²) in [6, 6.07) is 4.65. The number of benzene rings is 1. The van der Waals surface area contributed by atoms with E-state index in [1.807, 2.05) is 0 Å². The maximum Gasteiger partial charge on any atom is 0.251 e. The van der Waals surface area contributed by atoms with Crippen LogP contribution in [0.15, 0.2) is 22.7 Å². The van der Waals surface area contributed by atoms with Gasteiger partial charge in [-0.25, -0.2) is 0 Å². The molecule has 1 amide bonds. The molecule has 4 N–H and O–H groups in total. The van der Waals surface area contributed by atoms with E-state index in [-0.39, 0.29) is 11.7 Å². The lowest BCUT2D eigenvalue weighted by Crippen LogP contribution is -2.34. The second-order valence-corrected chi connectivity index (χ2v) is 4.83. The molecule has 1 aromatic carbocycles. The maximum atomic E-state index is 11.7. The van der Waals surface area contributed by atoms with Crippen LogP contribution in [0, 0.1) is 0 Å². The van der Waals surface area contributed by atoms with Crippen molar-refractivity contribution in [1.82, 2.24) is 10.6 Å². The summed E-state index contributed by atoms with van der Waals surface area (Å²) in [7, 11) is 0. The van der Waals surface area contributed by atoms with Gasteiger partial charge in [0, 0.05) is 25.2 Å². The Bertz CT molecular complexity index is 410. The average Bonchev–Trinajstić information content (AvgIpc) is 2.31. The average molecular weight is 317 g/mol. The van der Waals surface area contributed by atoms with Gasteiger partial charge in [0.05, 0.1) is 10.6 Å². The van der Waals surface area contributed by atoms with Crippen LogP contribution >= 0.6 is 15.9 Å². The van der Waals surface area contributed by atoms with Crippen LogP contribution in [0.2, 0.25) is 0 Å². The number of halogens is 1. The number of aliphatic hydroxyl groups excluding tert-OH is 1. The number of carbonyl (C=O) groups excluding carboxylic acids is 1. The van der Waals surface area contributed by atoms with Crippen molar-refractivity contribution in [1.29, 1.82) is 0 Å². The Kier molecular flexibility index (Phi) is 6.11. The van der Waals surface area contributed by atoms with E-state index in [1.54, 1.807) is 19.1 Å². The van der Waals surface area contributed by atoms with E-state index in [9.17, 15) is 9.90 Å². The number of nitrogens with one attached hydrogen (secondary N) is 2. The first kappa shape index (κ1) is 14.9. The number of aromatic hydroxyl groups is 1. The van der Waals surface area contributed by atoms with Gasteiger partial charge < -0.3 is 20.8 Å². The van der Waals surface area contributed by atoms with Crippen LogP contribution in [-0.4, -0.2) is 41.9 Å². The molecule has 0 saturated heterocycles. The normalized spacial score (nSPS) is 12.2. The highest BCUT2D eigenvalue weighted by Crippen LogP contribution is 2.24. The van der Waals surface area contributed by atoms with Crippen molar-refractivity contribution in [3.05, 3.63) is 28.2 Å². The minimum atomic E-state index is -0.399. The smallest absolute Gasteiger partial charge is 0.251 e. The molecule has 1 atom stereocenters. The van der Waals surface area contributed by atoms with Gasteiger partial charge in [0.15, 0.2) is 0 Å². The molecule has 1 aromatic rings. The van der Waals surface area contributed by atoms with Gasteiger partial charge in [0.2, 0.25) is 0 Å². The molecule has 0 bridgehead atoms. The quantitative estimate of drug-likeness (QED) is 0.587. The largest absolute Gasteiger partial charge is 0.507 e. The molecule has 0 heterocycles. The number of hydrogen-bond acceptors (Lipinski definition) is 4. The third kappa shape index (κ3) is 5.03. The summed E-state index contributed by atoms with van der Waals surface area (Å²) in [5, 5.41) is 24.2. The van der Waals surface area contributed by atoms with E-state index in [2.05, 4.69) is 26.6 Å². The van der Waals surface area contributed by atoms with E-state index in [1.165, 1.54) is 6.07 Å². The Morgan fingerprint density at radius 1 is 1.44 bits per heavy atom. The fraction of sp³-hybridized carbons (Fsp3) is 0.417. The van der Waals surface area contributed by atoms with Gasteiger partial charge in [-0.05, 0) is 41.1 Å². The fourth-order valence-electron chi connectivity index (χ4n) is 1.33. The number of phenols is 1. The van der Waals surface area contributed by atoms with Gasteiger partial charge in [-0.1, -0.05) is 0 Å². The zero-order valence-corrected chi connectivity index (χ0v) is 11.7. The molecule has 0 aliphatic carbocycles. The standard InChI is InChI=1S/C12H17BrN2O3/c1-8(16)7-14-4-5-15-12(18)9-2-3-10(13)11(17)6-9/h2-3,6,8,14,16-17H,4-5,7H2,1H3,(H,15,18). The lowest BCUT2D eigenvalue weighted by Gasteiger charge is -2.08. The van der Waals surface area contributed by atoms with Gasteiger partial charge in [0.1, 0.15) is 5.75 Å². The first-order valence-corrected chi connectivity index (χ1v) is 6.45. The van der Waals surface area contributed by atoms with E-state index >= 15 is 0 Å². The van der Waals surface area contributed by atoms with Crippen molar-refractivity contribution in [3.8, 4) is 5.75 Å². The van der Waals surface area contributed by atoms with Gasteiger partial charge >= 0.3 is 0 Å². The minimum Gasteiger partial charge on any atom is -0.507 e. The molecule has 1 unspecified atom stereocenters. The van der Waals surface area contributed by atoms with Crippen molar-refractivity contribution in [2.45, 2.75) is 13.0 Å². The van der Waals surface area contributed by atoms with Gasteiger partial charge in [-0.2, -0.15) is 0 Å². The monoisotopic (exact) mass is 316 g/mol. The molecule has 6 heteroatoms. The van der Waals surface area contributed by atoms with Crippen LogP contribution in [0.1, 0.15) is 17.3 Å². The third-order valence-electron chi connectivity index (χ3n) is 2.24. The van der Waals surface area contributed by atoms with Crippen LogP contribution in [0.5, 0.6) is 5.75 Å². The molecule has 5 nitrogen and oxygen atoms in total. The molecule has 0 radical (unpaired) electrons. The maximum absolute atomic E-state index is 11.7. The third-order valence-corrected chi connectivity index (χ3v) is 2.91. The highest BCUT2D eigenvalue weighted by atomic mass is 79.9. The molecule has 0 aromatic heterocycles. The van der Waals surface area contributed by atoms with Crippen molar-refractivity contribution < 1.29 is 15.0 Å². The summed E-state index contributed by atoms with van der Waals surface area (Å²) in [4.78, 5) is 11.7. The Hall–Kier alpha value is -1.11. The van der Waals surface area contributed by atoms with Crippen molar-refractivity contribution in [2.75, 3.05) is 19.6 Å². The number of phenolic OH excluding ortho intramolecular Hbond substituents is 1. The van der Waals surface area contributed by atoms with Crippen LogP contribution in [0.4, 0.5) is 0 Å². The molecule has 0 spiro atoms. The molecule has 1 rings (SSSR count). The van der Waals surface area contributed by atoms with Crippen LogP contribution < -0.4 is 10.6 Å². The molecule has 0 aliphatic rings. The fourth-order valence-corrected chi connectivity index (χ4v) is 1.58. The molecule has 0 saturated carbocycles. The second-order valence-electron chi connectivity index (χ2n) is 3.98. The van der Waals surface area contributed by atoms with E-state index in [0.717, 1.165) is 0 Å². The molecule has 0 aliphatic heterocycles. The van der Waals surface area contributed by atoms with Crippen molar-refractivity contribution in [3.63, 3.8) is 0 Å². The first-order valence-electron chi connectivity index (χ1n) is 5.66. The first-order chi connectivity index (χ1) is 8.50. The number of hydrogen-bond donors (Lipinski definition) is 4. The summed E-state index contributed by atoms with van der Waals surface area (Å²) < 4.78 is 0.553. The van der Waals surface area contributed by atoms with E-state index in [4.69, 9.17) is 5.11 Å². The number of rotatable bonds is 6. The summed E-state index contributed by atoms with van der Waals surface area (Å²) in [5.74, 6) is -0.202. The van der Waals surface area contributed by atoms with Gasteiger partial charge in [-0.15, -0.1) is 0 Å². The topological polar surface area (TPSA) is 81.6 Å². The lowest BCUT2D eigenvalue weighted by atomic mass is 10.2. The predicted molar refractivity (Wildman–Crippen MR) is 72.7 cm³/mol. The Labute approximate surface area is 114 Å². The summed E-state index contributed by atoms with van der Waals surface area (Å²) >= 11 is 3.15. The molecular formula is C12H17BrN2O3. The SMILES string of the molecule is CC(O)CNCCNC(=O)c1ccc(Br)c(O)c1. The van der Waals surface area contributed by atoms with Crippen LogP contribution in [0.3, 0.4) is 0 Å². The summed E-state index contributed by atoms with van der Waals surface area (Å²) in [6.07, 6.45) is -0.399. The van der Waals surface area contributed by atoms with Crippen molar-refractivity contribution >= 4 is 21.8 Å². The van der Waals surface area contributed by atoms with Crippen molar-refractivity contribution in [2.24, 2.45) is 0 Å². The lowest BCUT2D eigenvalue weighted by molar-refractivity contribution is 0.0953. The summed E-state index contributed by atoms with van der Waals surface area (Å²) in [6.45, 7) is 3.23. The van der Waals surface area contributed by atoms with Gasteiger partial charge in [-0.3, -0.25) is 4.79 Å². The van der Waals surface area contributed by atoms with E-state index < -0.39 is 6.10 Å². The zero-order chi connectivity index (χ0) is 13.5. The Morgan fingerprint density at radius 2 is 2.17 bits per heavy atom. The molecule has 18 heavy (non-hydrogen) atoms. The van der Waals surface area contributed by atoms with Crippen LogP contribution in [-0.2, 0) is 0 Å². The second kappa shape index (κ2) is 7.35. The van der Waals surface area contributed by atoms with Gasteiger partial charge in [0.25, 0.3) is 5.91 Å². The van der Waals surface area contributed by atoms with E-state index in [0.29, 0.717) is 29.7 Å². The summed E-state index contributed by atoms with van der Waals surface area (Å²) in [5.41, 5.74) is 0.409. The zero-order valence-electron chi connectivity index (χ0n) is 10.1. The predicted octanol–water partition coefficient (Wildman–Crippen LogP) is 0.855. The number of aliphatic hydroxyl groups is 1. The number of carbonyl (C=O) groups is 1.